The van der Waals surface area contributed by atoms with Crippen molar-refractivity contribution in [2.45, 2.75) is 191 Å². The van der Waals surface area contributed by atoms with Crippen molar-refractivity contribution in [3.8, 4) is 0 Å². The van der Waals surface area contributed by atoms with E-state index in [4.69, 9.17) is 31.9 Å². The van der Waals surface area contributed by atoms with Crippen molar-refractivity contribution in [2.24, 2.45) is 0 Å². The van der Waals surface area contributed by atoms with Crippen LogP contribution < -0.4 is 0 Å². The molecule has 0 aromatic carbocycles. The third-order valence-corrected chi connectivity index (χ3v) is 52.1. The fourth-order valence-electron chi connectivity index (χ4n) is 8.49. The molecule has 6 atom stereocenters. The van der Waals surface area contributed by atoms with Gasteiger partial charge in [-0.3, -0.25) is 0 Å². The van der Waals surface area contributed by atoms with E-state index in [-0.39, 0.29) is 36.9 Å². The Morgan fingerprint density at radius 3 is 1.09 bits per heavy atom. The number of hydrogen-bond donors (Lipinski definition) is 2. The number of ether oxygens (including phenoxy) is 5. The van der Waals surface area contributed by atoms with Crippen molar-refractivity contribution in [3.63, 3.8) is 0 Å². The van der Waals surface area contributed by atoms with E-state index in [1.165, 1.54) is 12.8 Å². The molecule has 15 heteroatoms. The maximum Gasteiger partial charge on any atom is 0.195 e. The van der Waals surface area contributed by atoms with Gasteiger partial charge in [0.05, 0.1) is 52.1 Å². The van der Waals surface area contributed by atoms with Crippen LogP contribution in [0.1, 0.15) is 78.1 Å². The molecule has 2 aliphatic heterocycles. The van der Waals surface area contributed by atoms with Crippen LogP contribution in [0, 0.1) is 0 Å². The lowest BCUT2D eigenvalue weighted by atomic mass is 10.0. The second-order valence-electron chi connectivity index (χ2n) is 21.4. The highest BCUT2D eigenvalue weighted by atomic mass is 29.3. The molecule has 53 heavy (non-hydrogen) atoms. The molecule has 2 rings (SSSR count). The van der Waals surface area contributed by atoms with Crippen molar-refractivity contribution in [3.05, 3.63) is 0 Å². The molecular weight excluding hydrogens is 769 g/mol. The average molecular weight is 856 g/mol. The minimum Gasteiger partial charge on any atom is -0.456 e. The first kappa shape index (κ1) is 50.1. The molecule has 0 aromatic rings. The predicted octanol–water partition coefficient (Wildman–Crippen LogP) is 8.74. The van der Waals surface area contributed by atoms with Crippen LogP contribution in [0.15, 0.2) is 0 Å². The monoisotopic (exact) mass is 854 g/mol. The summed E-state index contributed by atoms with van der Waals surface area (Å²) in [6, 6.07) is 0. The van der Waals surface area contributed by atoms with E-state index in [1.807, 2.05) is 0 Å². The van der Waals surface area contributed by atoms with Gasteiger partial charge in [0, 0.05) is 26.4 Å². The van der Waals surface area contributed by atoms with E-state index >= 15 is 0 Å². The maximum absolute atomic E-state index is 11.1. The number of aliphatic hydroxyl groups is 2. The highest BCUT2D eigenvalue weighted by Crippen LogP contribution is 2.46. The second-order valence-corrected chi connectivity index (χ2v) is 61.2. The van der Waals surface area contributed by atoms with Gasteiger partial charge in [-0.05, 0) is 130 Å². The number of rotatable bonds is 24. The lowest BCUT2D eigenvalue weighted by Crippen LogP contribution is -2.75. The van der Waals surface area contributed by atoms with E-state index in [9.17, 15) is 10.2 Å². The molecule has 2 aliphatic rings. The second kappa shape index (κ2) is 19.3. The molecule has 0 bridgehead atoms. The van der Waals surface area contributed by atoms with Gasteiger partial charge in [0.1, 0.15) is 11.2 Å². The van der Waals surface area contributed by atoms with Gasteiger partial charge in [-0.25, -0.2) is 0 Å². The van der Waals surface area contributed by atoms with E-state index in [2.05, 4.69) is 91.7 Å². The minimum atomic E-state index is -2.20. The van der Waals surface area contributed by atoms with Crippen LogP contribution in [-0.2, 0) is 31.9 Å². The van der Waals surface area contributed by atoms with Crippen molar-refractivity contribution in [1.29, 1.82) is 0 Å². The molecule has 0 aromatic heterocycles. The van der Waals surface area contributed by atoms with Crippen molar-refractivity contribution >= 4 is 47.5 Å². The Labute approximate surface area is 332 Å². The van der Waals surface area contributed by atoms with Crippen molar-refractivity contribution < 1.29 is 42.1 Å². The molecule has 2 N–H and O–H groups in total. The first-order chi connectivity index (χ1) is 23.9. The predicted molar refractivity (Wildman–Crippen MR) is 236 cm³/mol. The summed E-state index contributed by atoms with van der Waals surface area (Å²) in [5, 5.41) is 21.8. The summed E-state index contributed by atoms with van der Waals surface area (Å²) in [7, 11) is -11.3. The maximum atomic E-state index is 11.1. The molecule has 9 nitrogen and oxygen atoms in total. The van der Waals surface area contributed by atoms with Crippen LogP contribution >= 0.6 is 0 Å². The van der Waals surface area contributed by atoms with Gasteiger partial charge in [-0.2, -0.15) is 0 Å². The first-order valence-corrected chi connectivity index (χ1v) is 41.4. The van der Waals surface area contributed by atoms with Crippen LogP contribution in [0.2, 0.25) is 91.7 Å². The van der Waals surface area contributed by atoms with Crippen molar-refractivity contribution in [1.82, 2.24) is 0 Å². The molecule has 6 unspecified atom stereocenters. The van der Waals surface area contributed by atoms with Crippen molar-refractivity contribution in [2.75, 3.05) is 52.9 Å². The molecule has 0 saturated carbocycles. The van der Waals surface area contributed by atoms with Gasteiger partial charge in [-0.1, -0.05) is 39.3 Å². The summed E-state index contributed by atoms with van der Waals surface area (Å²) in [6.07, 6.45) is 10.4. The Kier molecular flexibility index (Phi) is 18.3. The topological polar surface area (TPSA) is 105 Å². The molecule has 0 amide bonds. The quantitative estimate of drug-likeness (QED) is 0.0729. The van der Waals surface area contributed by atoms with E-state index in [0.717, 1.165) is 64.6 Å². The van der Waals surface area contributed by atoms with Gasteiger partial charge in [0.15, 0.2) is 32.3 Å². The zero-order chi connectivity index (χ0) is 40.7. The zero-order valence-corrected chi connectivity index (χ0v) is 43.5. The third kappa shape index (κ3) is 14.6. The molecule has 0 spiro atoms. The average Bonchev–Trinajstić information content (AvgIpc) is 2.98. The zero-order valence-electron chi connectivity index (χ0n) is 37.5. The highest BCUT2D eigenvalue weighted by molar-refractivity contribution is 7.41. The SMILES string of the molecule is CC(O)(COCCCC1([Si](C)(O[Si](C)(C)C)[Si](C)(C)C)CCCCO1)COCC(C)(O)COCCCC1([Si](C)(O[Si](C)(C)C)[Si](C)(C)C)CCCCO1. The van der Waals surface area contributed by atoms with Gasteiger partial charge in [0.2, 0.25) is 0 Å². The minimum absolute atomic E-state index is 0.0672. The normalized spacial score (nSPS) is 27.1. The highest BCUT2D eigenvalue weighted by Gasteiger charge is 2.62. The van der Waals surface area contributed by atoms with Crippen LogP contribution in [0.5, 0.6) is 0 Å². The lowest BCUT2D eigenvalue weighted by molar-refractivity contribution is -0.127. The van der Waals surface area contributed by atoms with Gasteiger partial charge in [0.25, 0.3) is 0 Å². The Morgan fingerprint density at radius 2 is 0.830 bits per heavy atom. The van der Waals surface area contributed by atoms with Crippen LogP contribution in [0.3, 0.4) is 0 Å². The first-order valence-electron chi connectivity index (χ1n) is 20.8. The molecule has 316 valence electrons. The summed E-state index contributed by atoms with van der Waals surface area (Å²) in [5.41, 5.74) is -2.34. The molecule has 0 aliphatic carbocycles. The largest absolute Gasteiger partial charge is 0.456 e. The van der Waals surface area contributed by atoms with Crippen LogP contribution in [0.4, 0.5) is 0 Å². The smallest absolute Gasteiger partial charge is 0.195 e. The van der Waals surface area contributed by atoms with E-state index < -0.39 is 58.7 Å². The number of hydrogen-bond acceptors (Lipinski definition) is 9. The lowest BCUT2D eigenvalue weighted by Gasteiger charge is -2.56. The third-order valence-electron chi connectivity index (χ3n) is 11.7. The Hall–Kier alpha value is 0.941. The molecule has 0 radical (unpaired) electrons. The Balaban J connectivity index is 1.84. The van der Waals surface area contributed by atoms with Gasteiger partial charge >= 0.3 is 0 Å². The van der Waals surface area contributed by atoms with Crippen LogP contribution in [0.25, 0.3) is 0 Å². The van der Waals surface area contributed by atoms with Crippen LogP contribution in [-0.4, -0.2) is 132 Å². The van der Waals surface area contributed by atoms with Gasteiger partial charge < -0.3 is 42.1 Å². The fourth-order valence-corrected chi connectivity index (χ4v) is 49.5. The molecule has 2 heterocycles. The molecular formula is C38H86O9Si6. The molecule has 2 saturated heterocycles. The summed E-state index contributed by atoms with van der Waals surface area (Å²) < 4.78 is 45.9. The van der Waals surface area contributed by atoms with E-state index in [0.29, 0.717) is 13.2 Å². The van der Waals surface area contributed by atoms with E-state index in [1.54, 1.807) is 13.8 Å². The Bertz CT molecular complexity index is 1000. The summed E-state index contributed by atoms with van der Waals surface area (Å²) >= 11 is 0. The molecule has 2 fully saturated rings. The summed E-state index contributed by atoms with van der Waals surface area (Å²) in [5.74, 6) is 0. The summed E-state index contributed by atoms with van der Waals surface area (Å²) in [4.78, 5) is 0. The summed E-state index contributed by atoms with van der Waals surface area (Å²) in [6.45, 7) is 40.3. The Morgan fingerprint density at radius 1 is 0.509 bits per heavy atom. The fraction of sp³-hybridized carbons (Fsp3) is 1.00. The standard InChI is InChI=1S/C38H86O9Si6/c1-35(39,31-41-27-21-25-37(23-17-19-29-44-37)52(15,50(9,10)11)46-48(3,4)5)33-43-34-36(2,40)32-42-28-22-26-38(24-18-20-30-45-38)53(16,51(12,13)14)47-49(6,7)8/h39-40H,17-34H2,1-16H3. The van der Waals surface area contributed by atoms with Gasteiger partial charge in [-0.15, -0.1) is 0 Å².